The van der Waals surface area contributed by atoms with Crippen LogP contribution >= 0.6 is 40.7 Å². The Balaban J connectivity index is 0.00000121. The molecule has 1 unspecified atom stereocenters. The summed E-state index contributed by atoms with van der Waals surface area (Å²) >= 11 is 3.52. The van der Waals surface area contributed by atoms with Crippen molar-refractivity contribution in [1.29, 1.82) is 0 Å². The fourth-order valence-corrected chi connectivity index (χ4v) is 3.87. The number of carbonyl (C=O) groups excluding carboxylic acids is 1. The zero-order chi connectivity index (χ0) is 16.8. The summed E-state index contributed by atoms with van der Waals surface area (Å²) in [6.45, 7) is 2.53. The second kappa shape index (κ2) is 8.42. The maximum atomic E-state index is 13.1. The lowest BCUT2D eigenvalue weighted by Gasteiger charge is -2.19. The van der Waals surface area contributed by atoms with Crippen LogP contribution < -0.4 is 11.1 Å². The quantitative estimate of drug-likeness (QED) is 0.690. The average Bonchev–Trinajstić information content (AvgIpc) is 3.44. The van der Waals surface area contributed by atoms with Crippen molar-refractivity contribution in [3.05, 3.63) is 39.5 Å². The molecule has 0 aliphatic heterocycles. The SMILES string of the molecule is Cc1c(C2CC2)nc2ccc(Br)cc2c1C(=O)NC(CN)C1CC1.Cl.Cl. The van der Waals surface area contributed by atoms with E-state index >= 15 is 0 Å². The van der Waals surface area contributed by atoms with Crippen molar-refractivity contribution >= 4 is 57.6 Å². The maximum Gasteiger partial charge on any atom is 0.252 e. The number of hydrogen-bond donors (Lipinski definition) is 2. The fourth-order valence-electron chi connectivity index (χ4n) is 3.50. The van der Waals surface area contributed by atoms with Crippen molar-refractivity contribution in [3.63, 3.8) is 0 Å². The van der Waals surface area contributed by atoms with E-state index in [1.54, 1.807) is 0 Å². The standard InChI is InChI=1S/C19H22BrN3O.2ClH/c1-10-17(19(24)23-16(9-21)11-2-3-11)14-8-13(20)6-7-15(14)22-18(10)12-4-5-12;;/h6-8,11-12,16H,2-5,9,21H2,1H3,(H,23,24);2*1H. The summed E-state index contributed by atoms with van der Waals surface area (Å²) < 4.78 is 0.960. The average molecular weight is 461 g/mol. The highest BCUT2D eigenvalue weighted by Crippen LogP contribution is 2.42. The Hall–Kier alpha value is -0.880. The van der Waals surface area contributed by atoms with Crippen LogP contribution in [-0.2, 0) is 0 Å². The van der Waals surface area contributed by atoms with Crippen LogP contribution in [-0.4, -0.2) is 23.5 Å². The molecule has 1 amide bonds. The lowest BCUT2D eigenvalue weighted by Crippen LogP contribution is -2.42. The van der Waals surface area contributed by atoms with Gasteiger partial charge >= 0.3 is 0 Å². The number of amides is 1. The molecule has 0 bridgehead atoms. The first-order valence-electron chi connectivity index (χ1n) is 8.69. The van der Waals surface area contributed by atoms with Gasteiger partial charge in [0.2, 0.25) is 0 Å². The zero-order valence-corrected chi connectivity index (χ0v) is 17.8. The van der Waals surface area contributed by atoms with Gasteiger partial charge in [0.15, 0.2) is 0 Å². The van der Waals surface area contributed by atoms with Crippen LogP contribution in [0.2, 0.25) is 0 Å². The van der Waals surface area contributed by atoms with Crippen LogP contribution in [0.3, 0.4) is 0 Å². The van der Waals surface area contributed by atoms with Crippen molar-refractivity contribution in [3.8, 4) is 0 Å². The van der Waals surface area contributed by atoms with E-state index in [1.807, 2.05) is 25.1 Å². The van der Waals surface area contributed by atoms with Gasteiger partial charge in [0.1, 0.15) is 0 Å². The largest absolute Gasteiger partial charge is 0.348 e. The van der Waals surface area contributed by atoms with Gasteiger partial charge in [-0.1, -0.05) is 15.9 Å². The van der Waals surface area contributed by atoms with E-state index in [9.17, 15) is 4.79 Å². The van der Waals surface area contributed by atoms with Crippen LogP contribution in [0.1, 0.15) is 53.2 Å². The van der Waals surface area contributed by atoms with Gasteiger partial charge in [0, 0.05) is 34.1 Å². The number of benzene rings is 1. The Kier molecular flexibility index (Phi) is 6.94. The zero-order valence-electron chi connectivity index (χ0n) is 14.6. The highest BCUT2D eigenvalue weighted by atomic mass is 79.9. The first-order valence-corrected chi connectivity index (χ1v) is 9.48. The summed E-state index contributed by atoms with van der Waals surface area (Å²) in [5.74, 6) is 1.04. The second-order valence-corrected chi connectivity index (χ2v) is 8.00. The van der Waals surface area contributed by atoms with Gasteiger partial charge in [0.05, 0.1) is 11.1 Å². The Bertz CT molecular complexity index is 822. The summed E-state index contributed by atoms with van der Waals surface area (Å²) in [5.41, 5.74) is 9.64. The van der Waals surface area contributed by atoms with Crippen molar-refractivity contribution in [2.45, 2.75) is 44.6 Å². The van der Waals surface area contributed by atoms with E-state index in [4.69, 9.17) is 10.7 Å². The van der Waals surface area contributed by atoms with E-state index < -0.39 is 0 Å². The Morgan fingerprint density at radius 2 is 2.00 bits per heavy atom. The predicted octanol–water partition coefficient (Wildman–Crippen LogP) is 4.49. The molecule has 4 nitrogen and oxygen atoms in total. The van der Waals surface area contributed by atoms with Crippen LogP contribution in [0.5, 0.6) is 0 Å². The summed E-state index contributed by atoms with van der Waals surface area (Å²) in [5, 5.41) is 4.09. The Labute approximate surface area is 174 Å². The van der Waals surface area contributed by atoms with Crippen LogP contribution in [0.15, 0.2) is 22.7 Å². The normalized spacial score (nSPS) is 17.2. The monoisotopic (exact) mass is 459 g/mol. The number of pyridine rings is 1. The molecule has 7 heteroatoms. The molecule has 142 valence electrons. The van der Waals surface area contributed by atoms with Crippen molar-refractivity contribution < 1.29 is 4.79 Å². The van der Waals surface area contributed by atoms with Crippen molar-refractivity contribution in [2.24, 2.45) is 11.7 Å². The number of halogens is 3. The lowest BCUT2D eigenvalue weighted by molar-refractivity contribution is 0.0934. The molecule has 0 saturated heterocycles. The number of rotatable bonds is 5. The van der Waals surface area contributed by atoms with Crippen LogP contribution in [0, 0.1) is 12.8 Å². The van der Waals surface area contributed by atoms with E-state index in [0.29, 0.717) is 18.4 Å². The number of aromatic nitrogens is 1. The summed E-state index contributed by atoms with van der Waals surface area (Å²) in [6.07, 6.45) is 4.67. The molecule has 2 fully saturated rings. The molecule has 3 N–H and O–H groups in total. The van der Waals surface area contributed by atoms with E-state index in [0.717, 1.165) is 45.0 Å². The first-order chi connectivity index (χ1) is 11.6. The maximum absolute atomic E-state index is 13.1. The van der Waals surface area contributed by atoms with Crippen LogP contribution in [0.4, 0.5) is 0 Å². The molecule has 26 heavy (non-hydrogen) atoms. The summed E-state index contributed by atoms with van der Waals surface area (Å²) in [6, 6.07) is 6.05. The minimum atomic E-state index is -0.0118. The minimum Gasteiger partial charge on any atom is -0.348 e. The molecule has 2 aliphatic rings. The lowest BCUT2D eigenvalue weighted by atomic mass is 9.98. The minimum absolute atomic E-state index is 0. The molecule has 4 rings (SSSR count). The number of nitrogens with one attached hydrogen (secondary N) is 1. The van der Waals surface area contributed by atoms with Gasteiger partial charge in [-0.05, 0) is 62.3 Å². The molecule has 1 heterocycles. The number of hydrogen-bond acceptors (Lipinski definition) is 3. The van der Waals surface area contributed by atoms with Crippen LogP contribution in [0.25, 0.3) is 10.9 Å². The Morgan fingerprint density at radius 1 is 1.31 bits per heavy atom. The van der Waals surface area contributed by atoms with Gasteiger partial charge in [-0.25, -0.2) is 0 Å². The number of fused-ring (bicyclic) bond motifs is 1. The van der Waals surface area contributed by atoms with E-state index in [1.165, 1.54) is 12.8 Å². The molecule has 1 aromatic heterocycles. The Morgan fingerprint density at radius 3 is 2.58 bits per heavy atom. The molecule has 0 radical (unpaired) electrons. The van der Waals surface area contributed by atoms with E-state index in [2.05, 4.69) is 21.2 Å². The highest BCUT2D eigenvalue weighted by Gasteiger charge is 2.33. The molecular weight excluding hydrogens is 437 g/mol. The molecule has 2 aliphatic carbocycles. The third kappa shape index (κ3) is 4.16. The van der Waals surface area contributed by atoms with Crippen molar-refractivity contribution in [2.75, 3.05) is 6.54 Å². The third-order valence-corrected chi connectivity index (χ3v) is 5.67. The molecule has 1 aromatic carbocycles. The van der Waals surface area contributed by atoms with Gasteiger partial charge < -0.3 is 11.1 Å². The second-order valence-electron chi connectivity index (χ2n) is 7.09. The molecular formula is C19H24BrCl2N3O. The highest BCUT2D eigenvalue weighted by molar-refractivity contribution is 9.10. The summed E-state index contributed by atoms with van der Waals surface area (Å²) in [4.78, 5) is 17.9. The topological polar surface area (TPSA) is 68.0 Å². The molecule has 1 atom stereocenters. The number of nitrogens with zero attached hydrogens (tertiary/aromatic N) is 1. The number of carbonyl (C=O) groups is 1. The smallest absolute Gasteiger partial charge is 0.252 e. The van der Waals surface area contributed by atoms with Gasteiger partial charge in [0.25, 0.3) is 5.91 Å². The van der Waals surface area contributed by atoms with E-state index in [-0.39, 0.29) is 36.8 Å². The molecule has 0 spiro atoms. The third-order valence-electron chi connectivity index (χ3n) is 5.18. The summed E-state index contributed by atoms with van der Waals surface area (Å²) in [7, 11) is 0. The van der Waals surface area contributed by atoms with Gasteiger partial charge in [-0.2, -0.15) is 0 Å². The number of nitrogens with two attached hydrogens (primary N) is 1. The van der Waals surface area contributed by atoms with Gasteiger partial charge in [-0.15, -0.1) is 24.8 Å². The van der Waals surface area contributed by atoms with Crippen molar-refractivity contribution in [1.82, 2.24) is 10.3 Å². The molecule has 2 aromatic rings. The predicted molar refractivity (Wildman–Crippen MR) is 114 cm³/mol. The van der Waals surface area contributed by atoms with Gasteiger partial charge in [-0.3, -0.25) is 9.78 Å². The fraction of sp³-hybridized carbons (Fsp3) is 0.474. The first kappa shape index (κ1) is 21.4. The molecule has 2 saturated carbocycles.